The molecule has 0 fully saturated rings. The topological polar surface area (TPSA) is 52.6 Å². The summed E-state index contributed by atoms with van der Waals surface area (Å²) in [5.41, 5.74) is 3.36. The van der Waals surface area contributed by atoms with Crippen LogP contribution in [0.15, 0.2) is 59.3 Å². The molecule has 0 amide bonds. The van der Waals surface area contributed by atoms with Crippen molar-refractivity contribution in [2.24, 2.45) is 0 Å². The van der Waals surface area contributed by atoms with Gasteiger partial charge in [0.1, 0.15) is 11.5 Å². The number of benzene rings is 2. The Morgan fingerprint density at radius 1 is 0.568 bits per heavy atom. The zero-order valence-corrected chi connectivity index (χ0v) is 27.8. The van der Waals surface area contributed by atoms with Crippen LogP contribution < -0.4 is 9.47 Å². The predicted molar refractivity (Wildman–Crippen MR) is 184 cm³/mol. The van der Waals surface area contributed by atoms with E-state index in [1.54, 1.807) is 34.8 Å². The van der Waals surface area contributed by atoms with E-state index in [1.165, 1.54) is 51.4 Å². The summed E-state index contributed by atoms with van der Waals surface area (Å²) in [6.07, 6.45) is 13.8. The van der Waals surface area contributed by atoms with Crippen molar-refractivity contribution >= 4 is 34.2 Å². The number of thiophene rings is 2. The van der Waals surface area contributed by atoms with Gasteiger partial charge < -0.3 is 9.47 Å². The number of unbranched alkanes of at least 4 members (excludes halogenated alkanes) is 10. The van der Waals surface area contributed by atoms with Gasteiger partial charge in [0.25, 0.3) is 0 Å². The Hall–Kier alpha value is -3.22. The van der Waals surface area contributed by atoms with Crippen molar-refractivity contribution in [3.8, 4) is 32.4 Å². The molecule has 2 heterocycles. The molecule has 2 aromatic heterocycles. The smallest absolute Gasteiger partial charge is 0.198 e. The Morgan fingerprint density at radius 3 is 1.82 bits per heavy atom. The summed E-state index contributed by atoms with van der Waals surface area (Å²) >= 11 is 3.21. The van der Waals surface area contributed by atoms with Gasteiger partial charge in [0.05, 0.1) is 24.3 Å². The van der Waals surface area contributed by atoms with Gasteiger partial charge in [0.2, 0.25) is 0 Å². The number of ketones is 2. The molecule has 1 aliphatic carbocycles. The van der Waals surface area contributed by atoms with Crippen molar-refractivity contribution in [2.75, 3.05) is 13.2 Å². The quantitative estimate of drug-likeness (QED) is 0.0906. The van der Waals surface area contributed by atoms with E-state index in [4.69, 9.17) is 9.47 Å². The molecule has 44 heavy (non-hydrogen) atoms. The predicted octanol–water partition coefficient (Wildman–Crippen LogP) is 11.4. The number of fused-ring (bicyclic) bond motifs is 2. The highest BCUT2D eigenvalue weighted by molar-refractivity contribution is 7.13. The van der Waals surface area contributed by atoms with E-state index in [1.807, 2.05) is 47.2 Å². The van der Waals surface area contributed by atoms with Gasteiger partial charge in [0.15, 0.2) is 11.6 Å². The minimum Gasteiger partial charge on any atom is -0.493 e. The third-order valence-electron chi connectivity index (χ3n) is 8.30. The summed E-state index contributed by atoms with van der Waals surface area (Å²) in [6.45, 7) is 5.50. The Labute approximate surface area is 270 Å². The molecule has 0 spiro atoms. The van der Waals surface area contributed by atoms with Crippen molar-refractivity contribution in [3.63, 3.8) is 0 Å². The number of ether oxygens (including phenoxy) is 2. The van der Waals surface area contributed by atoms with Crippen molar-refractivity contribution in [1.29, 1.82) is 0 Å². The van der Waals surface area contributed by atoms with Gasteiger partial charge >= 0.3 is 0 Å². The van der Waals surface area contributed by atoms with Crippen LogP contribution in [0.2, 0.25) is 0 Å². The summed E-state index contributed by atoms with van der Waals surface area (Å²) in [5.74, 6) is 0.796. The molecule has 0 saturated carbocycles. The highest BCUT2D eigenvalue weighted by Crippen LogP contribution is 2.48. The first-order valence-corrected chi connectivity index (χ1v) is 18.2. The molecule has 4 aromatic rings. The van der Waals surface area contributed by atoms with E-state index in [-0.39, 0.29) is 11.6 Å². The maximum atomic E-state index is 14.2. The second-order valence-corrected chi connectivity index (χ2v) is 13.5. The third-order valence-corrected chi connectivity index (χ3v) is 10.1. The van der Waals surface area contributed by atoms with Crippen molar-refractivity contribution < 1.29 is 19.1 Å². The molecule has 232 valence electrons. The molecule has 0 saturated heterocycles. The number of carbonyl (C=O) groups excluding carboxylic acids is 2. The fourth-order valence-electron chi connectivity index (χ4n) is 5.88. The summed E-state index contributed by atoms with van der Waals surface area (Å²) in [5, 5.41) is 4.04. The fraction of sp³-hybridized carbons (Fsp3) is 0.421. The number of rotatable bonds is 18. The van der Waals surface area contributed by atoms with Gasteiger partial charge in [-0.15, -0.1) is 22.7 Å². The van der Waals surface area contributed by atoms with Gasteiger partial charge in [-0.2, -0.15) is 0 Å². The van der Waals surface area contributed by atoms with Crippen molar-refractivity contribution in [3.05, 3.63) is 81.5 Å². The largest absolute Gasteiger partial charge is 0.493 e. The molecule has 5 rings (SSSR count). The lowest BCUT2D eigenvalue weighted by atomic mass is 9.81. The van der Waals surface area contributed by atoms with Crippen LogP contribution in [0.4, 0.5) is 0 Å². The van der Waals surface area contributed by atoms with E-state index in [2.05, 4.69) is 13.8 Å². The first kappa shape index (κ1) is 32.2. The average Bonchev–Trinajstić information content (AvgIpc) is 3.78. The van der Waals surface area contributed by atoms with Gasteiger partial charge in [-0.3, -0.25) is 9.59 Å². The monoisotopic (exact) mass is 628 g/mol. The lowest BCUT2D eigenvalue weighted by Crippen LogP contribution is -2.23. The van der Waals surface area contributed by atoms with Gasteiger partial charge in [-0.05, 0) is 59.5 Å². The summed E-state index contributed by atoms with van der Waals surface area (Å²) in [7, 11) is 0. The van der Waals surface area contributed by atoms with Gasteiger partial charge in [-0.25, -0.2) is 0 Å². The fourth-order valence-corrected chi connectivity index (χ4v) is 7.37. The Bertz CT molecular complexity index is 1520. The van der Waals surface area contributed by atoms with Crippen LogP contribution in [-0.2, 0) is 0 Å². The first-order chi connectivity index (χ1) is 21.6. The molecule has 0 radical (unpaired) electrons. The maximum Gasteiger partial charge on any atom is 0.198 e. The molecule has 2 aromatic carbocycles. The highest BCUT2D eigenvalue weighted by Gasteiger charge is 2.36. The molecule has 0 unspecified atom stereocenters. The average molecular weight is 629 g/mol. The SMILES string of the molecule is CCCCCCCCOc1cc2c(c(OCCCCCCCC)c1-c1cccs1)C(=O)c1ccc(-c3cccs3)cc1C2=O. The molecule has 1 aliphatic rings. The van der Waals surface area contributed by atoms with E-state index in [9.17, 15) is 9.59 Å². The molecule has 0 atom stereocenters. The molecule has 4 nitrogen and oxygen atoms in total. The Morgan fingerprint density at radius 2 is 1.18 bits per heavy atom. The molecule has 0 N–H and O–H groups in total. The minimum atomic E-state index is -0.162. The maximum absolute atomic E-state index is 14.2. The zero-order valence-electron chi connectivity index (χ0n) is 26.1. The van der Waals surface area contributed by atoms with Crippen LogP contribution in [0.25, 0.3) is 20.9 Å². The van der Waals surface area contributed by atoms with E-state index < -0.39 is 0 Å². The number of carbonyl (C=O) groups is 2. The van der Waals surface area contributed by atoms with Gasteiger partial charge in [0, 0.05) is 26.4 Å². The normalized spacial score (nSPS) is 12.3. The second kappa shape index (κ2) is 16.2. The van der Waals surface area contributed by atoms with Gasteiger partial charge in [-0.1, -0.05) is 96.3 Å². The minimum absolute atomic E-state index is 0.153. The number of hydrogen-bond donors (Lipinski definition) is 0. The summed E-state index contributed by atoms with van der Waals surface area (Å²) in [6, 6.07) is 15.5. The standard InChI is InChI=1S/C38H44O4S2/c1-3-5-7-9-11-13-21-41-31-26-30-34(37(40)28-20-19-27(25-29(28)36(30)39)32-17-15-23-43-32)38(35(31)33-18-16-24-44-33)42-22-14-12-10-8-6-4-2/h15-20,23-26H,3-14,21-22H2,1-2H3. The lowest BCUT2D eigenvalue weighted by molar-refractivity contribution is 0.0975. The van der Waals surface area contributed by atoms with E-state index >= 15 is 0 Å². The molecule has 0 aliphatic heterocycles. The van der Waals surface area contributed by atoms with Crippen LogP contribution in [-0.4, -0.2) is 24.8 Å². The van der Waals surface area contributed by atoms with Crippen molar-refractivity contribution in [1.82, 2.24) is 0 Å². The number of hydrogen-bond acceptors (Lipinski definition) is 6. The third kappa shape index (κ3) is 7.52. The van der Waals surface area contributed by atoms with Crippen LogP contribution >= 0.6 is 22.7 Å². The van der Waals surface area contributed by atoms with Crippen LogP contribution in [0.1, 0.15) is 123 Å². The first-order valence-electron chi connectivity index (χ1n) is 16.4. The Kier molecular flexibility index (Phi) is 11.8. The van der Waals surface area contributed by atoms with E-state index in [0.29, 0.717) is 47.0 Å². The van der Waals surface area contributed by atoms with Crippen LogP contribution in [0, 0.1) is 0 Å². The molecule has 0 bridgehead atoms. The van der Waals surface area contributed by atoms with Crippen molar-refractivity contribution in [2.45, 2.75) is 90.9 Å². The Balaban J connectivity index is 1.50. The zero-order chi connectivity index (χ0) is 30.7. The van der Waals surface area contributed by atoms with Crippen LogP contribution in [0.3, 0.4) is 0 Å². The van der Waals surface area contributed by atoms with Crippen LogP contribution in [0.5, 0.6) is 11.5 Å². The molecular weight excluding hydrogens is 585 g/mol. The lowest BCUT2D eigenvalue weighted by Gasteiger charge is -2.25. The molecular formula is C38H44O4S2. The van der Waals surface area contributed by atoms with E-state index in [0.717, 1.165) is 46.6 Å². The summed E-state index contributed by atoms with van der Waals surface area (Å²) < 4.78 is 13.0. The second-order valence-electron chi connectivity index (χ2n) is 11.6. The highest BCUT2D eigenvalue weighted by atomic mass is 32.1. The summed E-state index contributed by atoms with van der Waals surface area (Å²) in [4.78, 5) is 30.4. The molecule has 6 heteroatoms.